The first-order valence-electron chi connectivity index (χ1n) is 7.44. The number of rotatable bonds is 3. The van der Waals surface area contributed by atoms with Gasteiger partial charge in [-0.3, -0.25) is 0 Å². The smallest absolute Gasteiger partial charge is 0.212 e. The summed E-state index contributed by atoms with van der Waals surface area (Å²) in [5.41, 5.74) is -0.973. The van der Waals surface area contributed by atoms with Crippen LogP contribution in [-0.4, -0.2) is 20.2 Å². The van der Waals surface area contributed by atoms with Crippen molar-refractivity contribution < 1.29 is 21.6 Å². The third-order valence-electron chi connectivity index (χ3n) is 3.81. The van der Waals surface area contributed by atoms with Gasteiger partial charge in [-0.2, -0.15) is 13.2 Å². The van der Waals surface area contributed by atoms with Gasteiger partial charge >= 0.3 is 6.18 Å². The summed E-state index contributed by atoms with van der Waals surface area (Å²) in [6.07, 6.45) is -0.418. The second kappa shape index (κ2) is 7.37. The Bertz CT molecular complexity index is 696. The molecule has 0 heterocycles. The number of halogens is 3. The van der Waals surface area contributed by atoms with E-state index in [2.05, 4.69) is 16.6 Å². The third kappa shape index (κ3) is 4.98. The van der Waals surface area contributed by atoms with Gasteiger partial charge in [0.05, 0.1) is 17.4 Å². The molecule has 1 aromatic rings. The quantitative estimate of drug-likeness (QED) is 0.855. The molecule has 1 aliphatic rings. The molecule has 1 N–H and O–H groups in total. The predicted octanol–water partition coefficient (Wildman–Crippen LogP) is 3.31. The fraction of sp³-hybridized carbons (Fsp3) is 0.500. The van der Waals surface area contributed by atoms with Crippen LogP contribution in [0.5, 0.6) is 0 Å². The highest BCUT2D eigenvalue weighted by molar-refractivity contribution is 7.90. The number of benzene rings is 1. The Morgan fingerprint density at radius 1 is 1.13 bits per heavy atom. The van der Waals surface area contributed by atoms with Crippen molar-refractivity contribution in [3.05, 3.63) is 35.4 Å². The van der Waals surface area contributed by atoms with Gasteiger partial charge < -0.3 is 0 Å². The highest BCUT2D eigenvalue weighted by Gasteiger charge is 2.32. The summed E-state index contributed by atoms with van der Waals surface area (Å²) in [6, 6.07) is 4.98. The van der Waals surface area contributed by atoms with Crippen molar-refractivity contribution in [3.63, 3.8) is 0 Å². The molecule has 1 aromatic carbocycles. The van der Waals surface area contributed by atoms with Crippen LogP contribution in [-0.2, 0) is 16.2 Å². The van der Waals surface area contributed by atoms with Crippen LogP contribution < -0.4 is 4.72 Å². The van der Waals surface area contributed by atoms with Crippen molar-refractivity contribution in [3.8, 4) is 11.8 Å². The summed E-state index contributed by atoms with van der Waals surface area (Å²) >= 11 is 0. The Labute approximate surface area is 134 Å². The minimum Gasteiger partial charge on any atom is -0.212 e. The molecule has 1 aliphatic carbocycles. The molecule has 0 atom stereocenters. The molecule has 126 valence electrons. The molecule has 0 saturated heterocycles. The molecule has 2 rings (SSSR count). The number of sulfonamides is 1. The lowest BCUT2D eigenvalue weighted by molar-refractivity contribution is -0.137. The predicted molar refractivity (Wildman–Crippen MR) is 82.1 cm³/mol. The normalized spacial score (nSPS) is 16.7. The van der Waals surface area contributed by atoms with Crippen LogP contribution in [0.4, 0.5) is 13.2 Å². The van der Waals surface area contributed by atoms with E-state index in [0.29, 0.717) is 12.8 Å². The second-order valence-corrected chi connectivity index (χ2v) is 7.52. The molecule has 0 unspecified atom stereocenters. The summed E-state index contributed by atoms with van der Waals surface area (Å²) in [5, 5.41) is -0.416. The van der Waals surface area contributed by atoms with E-state index in [1.54, 1.807) is 0 Å². The first-order valence-corrected chi connectivity index (χ1v) is 8.99. The monoisotopic (exact) mass is 345 g/mol. The largest absolute Gasteiger partial charge is 0.417 e. The maximum absolute atomic E-state index is 12.8. The lowest BCUT2D eigenvalue weighted by Gasteiger charge is -2.21. The Morgan fingerprint density at radius 2 is 1.78 bits per heavy atom. The van der Waals surface area contributed by atoms with Gasteiger partial charge in [0.1, 0.15) is 0 Å². The molecule has 0 spiro atoms. The maximum Gasteiger partial charge on any atom is 0.417 e. The van der Waals surface area contributed by atoms with Crippen LogP contribution in [0.15, 0.2) is 24.3 Å². The van der Waals surface area contributed by atoms with Gasteiger partial charge in [-0.25, -0.2) is 13.1 Å². The van der Waals surface area contributed by atoms with E-state index in [1.165, 1.54) is 18.2 Å². The Hall–Kier alpha value is -1.52. The highest BCUT2D eigenvalue weighted by atomic mass is 32.2. The first kappa shape index (κ1) is 17.8. The van der Waals surface area contributed by atoms with Gasteiger partial charge in [0.25, 0.3) is 0 Å². The summed E-state index contributed by atoms with van der Waals surface area (Å²) in [7, 11) is -3.45. The van der Waals surface area contributed by atoms with Gasteiger partial charge in [0.2, 0.25) is 10.0 Å². The Balaban J connectivity index is 2.01. The standard InChI is InChI=1S/C16H18F3NO2S/c17-16(18,19)15-11-5-4-7-13(15)8-6-12-20-23(21,22)14-9-2-1-3-10-14/h4-5,7,11,14,20H,1-3,9-10,12H2. The van der Waals surface area contributed by atoms with E-state index < -0.39 is 27.0 Å². The lowest BCUT2D eigenvalue weighted by Crippen LogP contribution is -2.35. The van der Waals surface area contributed by atoms with E-state index in [0.717, 1.165) is 25.3 Å². The fourth-order valence-corrected chi connectivity index (χ4v) is 4.07. The fourth-order valence-electron chi connectivity index (χ4n) is 2.61. The number of nitrogens with one attached hydrogen (secondary N) is 1. The maximum atomic E-state index is 12.8. The number of hydrogen-bond donors (Lipinski definition) is 1. The molecule has 0 amide bonds. The van der Waals surface area contributed by atoms with E-state index in [-0.39, 0.29) is 12.1 Å². The molecule has 1 saturated carbocycles. The van der Waals surface area contributed by atoms with Crippen LogP contribution in [0, 0.1) is 11.8 Å². The molecular formula is C16H18F3NO2S. The van der Waals surface area contributed by atoms with E-state index in [1.807, 2.05) is 0 Å². The van der Waals surface area contributed by atoms with Crippen molar-refractivity contribution in [2.45, 2.75) is 43.5 Å². The minimum absolute atomic E-state index is 0.156. The summed E-state index contributed by atoms with van der Waals surface area (Å²) in [4.78, 5) is 0. The number of hydrogen-bond acceptors (Lipinski definition) is 2. The van der Waals surface area contributed by atoms with Gasteiger partial charge in [-0.1, -0.05) is 43.2 Å². The Kier molecular flexibility index (Phi) is 5.71. The highest BCUT2D eigenvalue weighted by Crippen LogP contribution is 2.31. The van der Waals surface area contributed by atoms with E-state index in [9.17, 15) is 21.6 Å². The summed E-state index contributed by atoms with van der Waals surface area (Å²) in [6.45, 7) is -0.189. The van der Waals surface area contributed by atoms with Crippen molar-refractivity contribution >= 4 is 10.0 Å². The molecule has 0 bridgehead atoms. The SMILES string of the molecule is O=S(=O)(NCC#Cc1ccccc1C(F)(F)F)C1CCCCC1. The molecule has 0 aromatic heterocycles. The van der Waals surface area contributed by atoms with Crippen LogP contribution in [0.25, 0.3) is 0 Å². The van der Waals surface area contributed by atoms with Crippen LogP contribution >= 0.6 is 0 Å². The van der Waals surface area contributed by atoms with Crippen molar-refractivity contribution in [1.82, 2.24) is 4.72 Å². The molecule has 7 heteroatoms. The second-order valence-electron chi connectivity index (χ2n) is 5.47. The van der Waals surface area contributed by atoms with E-state index >= 15 is 0 Å². The van der Waals surface area contributed by atoms with E-state index in [4.69, 9.17) is 0 Å². The zero-order chi connectivity index (χ0) is 16.9. The third-order valence-corrected chi connectivity index (χ3v) is 5.70. The van der Waals surface area contributed by atoms with Gasteiger partial charge in [-0.15, -0.1) is 0 Å². The summed E-state index contributed by atoms with van der Waals surface area (Å²) in [5.74, 6) is 4.87. The molecule has 0 radical (unpaired) electrons. The topological polar surface area (TPSA) is 46.2 Å². The lowest BCUT2D eigenvalue weighted by atomic mass is 10.0. The van der Waals surface area contributed by atoms with Crippen molar-refractivity contribution in [2.75, 3.05) is 6.54 Å². The molecule has 23 heavy (non-hydrogen) atoms. The molecular weight excluding hydrogens is 327 g/mol. The van der Waals surface area contributed by atoms with Gasteiger partial charge in [0, 0.05) is 5.56 Å². The number of alkyl halides is 3. The zero-order valence-corrected chi connectivity index (χ0v) is 13.3. The van der Waals surface area contributed by atoms with Crippen molar-refractivity contribution in [1.29, 1.82) is 0 Å². The first-order chi connectivity index (χ1) is 10.8. The molecule has 3 nitrogen and oxygen atoms in total. The van der Waals surface area contributed by atoms with Crippen LogP contribution in [0.1, 0.15) is 43.2 Å². The van der Waals surface area contributed by atoms with Crippen LogP contribution in [0.3, 0.4) is 0 Å². The average molecular weight is 345 g/mol. The zero-order valence-electron chi connectivity index (χ0n) is 12.5. The molecule has 1 fully saturated rings. The summed E-state index contributed by atoms with van der Waals surface area (Å²) < 4.78 is 64.9. The molecule has 0 aliphatic heterocycles. The minimum atomic E-state index is -4.48. The van der Waals surface area contributed by atoms with Gasteiger partial charge in [-0.05, 0) is 25.0 Å². The van der Waals surface area contributed by atoms with Crippen molar-refractivity contribution in [2.24, 2.45) is 0 Å². The average Bonchev–Trinajstić information content (AvgIpc) is 2.52. The van der Waals surface area contributed by atoms with Crippen LogP contribution in [0.2, 0.25) is 0 Å². The Morgan fingerprint density at radius 3 is 2.43 bits per heavy atom. The van der Waals surface area contributed by atoms with Gasteiger partial charge in [0.15, 0.2) is 0 Å².